The summed E-state index contributed by atoms with van der Waals surface area (Å²) in [6.07, 6.45) is 0. The second-order valence-electron chi connectivity index (χ2n) is 6.07. The van der Waals surface area contributed by atoms with Gasteiger partial charge in [-0.2, -0.15) is 0 Å². The van der Waals surface area contributed by atoms with E-state index in [4.69, 9.17) is 17.0 Å². The normalized spacial score (nSPS) is 10.7. The average molecular weight is 477 g/mol. The molecule has 0 radical (unpaired) electrons. The van der Waals surface area contributed by atoms with E-state index in [1.807, 2.05) is 6.92 Å². The summed E-state index contributed by atoms with van der Waals surface area (Å²) >= 11 is 6.27. The van der Waals surface area contributed by atoms with Crippen molar-refractivity contribution in [3.05, 3.63) is 71.6 Å². The van der Waals surface area contributed by atoms with Gasteiger partial charge in [0.05, 0.1) is 17.9 Å². The van der Waals surface area contributed by atoms with Crippen LogP contribution in [-0.2, 0) is 10.0 Å². The molecule has 0 atom stereocenters. The second-order valence-corrected chi connectivity index (χ2v) is 9.34. The molecule has 0 saturated carbocycles. The molecule has 8 nitrogen and oxygen atoms in total. The fraction of sp³-hybridized carbons (Fsp3) is 0.100. The third-order valence-electron chi connectivity index (χ3n) is 3.89. The van der Waals surface area contributed by atoms with E-state index in [2.05, 4.69) is 20.9 Å². The molecule has 31 heavy (non-hydrogen) atoms. The van der Waals surface area contributed by atoms with Crippen LogP contribution >= 0.6 is 23.6 Å². The monoisotopic (exact) mass is 476 g/mol. The van der Waals surface area contributed by atoms with E-state index in [0.717, 1.165) is 17.1 Å². The predicted molar refractivity (Wildman–Crippen MR) is 126 cm³/mol. The van der Waals surface area contributed by atoms with Crippen LogP contribution < -0.4 is 25.6 Å². The molecule has 0 bridgehead atoms. The van der Waals surface area contributed by atoms with E-state index in [-0.39, 0.29) is 20.6 Å². The van der Waals surface area contributed by atoms with Crippen LogP contribution in [0.25, 0.3) is 0 Å². The Morgan fingerprint density at radius 3 is 2.45 bits per heavy atom. The van der Waals surface area contributed by atoms with Gasteiger partial charge in [-0.3, -0.25) is 20.4 Å². The lowest BCUT2D eigenvalue weighted by atomic mass is 10.2. The summed E-state index contributed by atoms with van der Waals surface area (Å²) < 4.78 is 33.0. The Hall–Kier alpha value is -3.15. The Kier molecular flexibility index (Phi) is 7.45. The molecule has 1 heterocycles. The quantitative estimate of drug-likeness (QED) is 0.305. The SMILES string of the molecule is CCOc1ccc(NC(=S)NNC(=O)c2ccccc2NS(=O)(=O)c2cccs2)cc1. The Morgan fingerprint density at radius 2 is 1.77 bits per heavy atom. The number of benzene rings is 2. The number of anilines is 2. The van der Waals surface area contributed by atoms with Crippen LogP contribution in [0.4, 0.5) is 11.4 Å². The van der Waals surface area contributed by atoms with Crippen LogP contribution in [0.1, 0.15) is 17.3 Å². The van der Waals surface area contributed by atoms with Crippen molar-refractivity contribution < 1.29 is 17.9 Å². The minimum Gasteiger partial charge on any atom is -0.494 e. The number of amides is 1. The van der Waals surface area contributed by atoms with Gasteiger partial charge in [0.1, 0.15) is 9.96 Å². The van der Waals surface area contributed by atoms with E-state index < -0.39 is 15.9 Å². The zero-order chi connectivity index (χ0) is 22.3. The first-order valence-corrected chi connectivity index (χ1v) is 11.9. The minimum atomic E-state index is -3.79. The van der Waals surface area contributed by atoms with Gasteiger partial charge in [-0.25, -0.2) is 8.42 Å². The third kappa shape index (κ3) is 6.17. The van der Waals surface area contributed by atoms with Crippen molar-refractivity contribution in [1.29, 1.82) is 0 Å². The molecule has 1 amide bonds. The highest BCUT2D eigenvalue weighted by Crippen LogP contribution is 2.22. The zero-order valence-corrected chi connectivity index (χ0v) is 18.9. The molecule has 4 N–H and O–H groups in total. The van der Waals surface area contributed by atoms with E-state index in [0.29, 0.717) is 12.3 Å². The number of hydrogen-bond acceptors (Lipinski definition) is 6. The van der Waals surface area contributed by atoms with Crippen molar-refractivity contribution in [2.75, 3.05) is 16.6 Å². The molecule has 2 aromatic carbocycles. The van der Waals surface area contributed by atoms with Gasteiger partial charge in [0.2, 0.25) is 0 Å². The maximum atomic E-state index is 12.6. The first-order chi connectivity index (χ1) is 14.9. The van der Waals surface area contributed by atoms with Crippen molar-refractivity contribution in [3.63, 3.8) is 0 Å². The molecular formula is C20H20N4O4S3. The maximum Gasteiger partial charge on any atom is 0.271 e. The number of thiocarbonyl (C=S) groups is 1. The summed E-state index contributed by atoms with van der Waals surface area (Å²) in [5.41, 5.74) is 6.06. The Labute approximate surface area is 189 Å². The Balaban J connectivity index is 1.61. The van der Waals surface area contributed by atoms with Gasteiger partial charge in [0, 0.05) is 5.69 Å². The van der Waals surface area contributed by atoms with Gasteiger partial charge in [0.15, 0.2) is 5.11 Å². The largest absolute Gasteiger partial charge is 0.494 e. The van der Waals surface area contributed by atoms with Gasteiger partial charge < -0.3 is 10.1 Å². The van der Waals surface area contributed by atoms with Crippen molar-refractivity contribution in [2.45, 2.75) is 11.1 Å². The number of carbonyl (C=O) groups excluding carboxylic acids is 1. The molecule has 3 aromatic rings. The zero-order valence-electron chi connectivity index (χ0n) is 16.4. The number of carbonyl (C=O) groups is 1. The number of rotatable bonds is 7. The molecule has 162 valence electrons. The summed E-state index contributed by atoms with van der Waals surface area (Å²) in [4.78, 5) is 12.6. The predicted octanol–water partition coefficient (Wildman–Crippen LogP) is 3.58. The van der Waals surface area contributed by atoms with Gasteiger partial charge in [-0.15, -0.1) is 11.3 Å². The first kappa shape index (κ1) is 22.5. The molecule has 0 aliphatic carbocycles. The molecule has 0 saturated heterocycles. The van der Waals surface area contributed by atoms with Gasteiger partial charge in [-0.1, -0.05) is 18.2 Å². The molecule has 0 aliphatic rings. The highest BCUT2D eigenvalue weighted by molar-refractivity contribution is 7.94. The van der Waals surface area contributed by atoms with Crippen LogP contribution in [-0.4, -0.2) is 26.0 Å². The fourth-order valence-corrected chi connectivity index (χ4v) is 4.77. The summed E-state index contributed by atoms with van der Waals surface area (Å²) in [7, 11) is -3.79. The van der Waals surface area contributed by atoms with Crippen LogP contribution in [0, 0.1) is 0 Å². The second kappa shape index (κ2) is 10.2. The van der Waals surface area contributed by atoms with E-state index in [9.17, 15) is 13.2 Å². The summed E-state index contributed by atoms with van der Waals surface area (Å²) in [5, 5.41) is 4.75. The highest BCUT2D eigenvalue weighted by atomic mass is 32.2. The maximum absolute atomic E-state index is 12.6. The molecule has 3 rings (SSSR count). The standard InChI is InChI=1S/C20H20N4O4S3/c1-2-28-15-11-9-14(10-12-15)21-20(29)23-22-19(25)16-6-3-4-7-17(16)24-31(26,27)18-8-5-13-30-18/h3-13,24H,2H2,1H3,(H,22,25)(H2,21,23,29). The number of nitrogens with one attached hydrogen (secondary N) is 4. The van der Waals surface area contributed by atoms with E-state index in [1.54, 1.807) is 47.8 Å². The lowest BCUT2D eigenvalue weighted by Crippen LogP contribution is -2.44. The molecule has 0 spiro atoms. The molecule has 0 fully saturated rings. The topological polar surface area (TPSA) is 109 Å². The molecule has 1 aromatic heterocycles. The van der Waals surface area contributed by atoms with Gasteiger partial charge in [-0.05, 0) is 67.0 Å². The third-order valence-corrected chi connectivity index (χ3v) is 6.86. The summed E-state index contributed by atoms with van der Waals surface area (Å²) in [5.74, 6) is 0.183. The van der Waals surface area contributed by atoms with Crippen molar-refractivity contribution in [3.8, 4) is 5.75 Å². The summed E-state index contributed by atoms with van der Waals surface area (Å²) in [6, 6.07) is 16.6. The minimum absolute atomic E-state index is 0.138. The van der Waals surface area contributed by atoms with Crippen molar-refractivity contribution >= 4 is 56.0 Å². The number of ether oxygens (including phenoxy) is 1. The average Bonchev–Trinajstić information content (AvgIpc) is 3.30. The highest BCUT2D eigenvalue weighted by Gasteiger charge is 2.19. The van der Waals surface area contributed by atoms with Crippen LogP contribution in [0.5, 0.6) is 5.75 Å². The number of thiophene rings is 1. The Morgan fingerprint density at radius 1 is 1.03 bits per heavy atom. The van der Waals surface area contributed by atoms with E-state index >= 15 is 0 Å². The van der Waals surface area contributed by atoms with E-state index in [1.165, 1.54) is 18.2 Å². The molecular weight excluding hydrogens is 456 g/mol. The molecule has 11 heteroatoms. The number of para-hydroxylation sites is 1. The Bertz CT molecular complexity index is 1150. The lowest BCUT2D eigenvalue weighted by Gasteiger charge is -2.14. The number of hydrazine groups is 1. The van der Waals surface area contributed by atoms with Crippen LogP contribution in [0.15, 0.2) is 70.3 Å². The summed E-state index contributed by atoms with van der Waals surface area (Å²) in [6.45, 7) is 2.48. The smallest absolute Gasteiger partial charge is 0.271 e. The fourth-order valence-electron chi connectivity index (χ4n) is 2.53. The van der Waals surface area contributed by atoms with Gasteiger partial charge >= 0.3 is 0 Å². The number of sulfonamides is 1. The molecule has 0 aliphatic heterocycles. The van der Waals surface area contributed by atoms with Crippen LogP contribution in [0.3, 0.4) is 0 Å². The lowest BCUT2D eigenvalue weighted by molar-refractivity contribution is 0.0945. The van der Waals surface area contributed by atoms with Crippen molar-refractivity contribution in [2.24, 2.45) is 0 Å². The molecule has 0 unspecified atom stereocenters. The van der Waals surface area contributed by atoms with Crippen molar-refractivity contribution in [1.82, 2.24) is 10.9 Å². The number of hydrogen-bond donors (Lipinski definition) is 4. The van der Waals surface area contributed by atoms with Crippen LogP contribution in [0.2, 0.25) is 0 Å². The first-order valence-electron chi connectivity index (χ1n) is 9.14. The van der Waals surface area contributed by atoms with Gasteiger partial charge in [0.25, 0.3) is 15.9 Å².